The average molecular weight is 219 g/mol. The molecule has 1 fully saturated rings. The predicted molar refractivity (Wildman–Crippen MR) is 59.8 cm³/mol. The van der Waals surface area contributed by atoms with Crippen molar-refractivity contribution in [3.63, 3.8) is 0 Å². The summed E-state index contributed by atoms with van der Waals surface area (Å²) >= 11 is 0. The lowest BCUT2D eigenvalue weighted by molar-refractivity contribution is 0.0914. The Kier molecular flexibility index (Phi) is 5.06. The van der Waals surface area contributed by atoms with Gasteiger partial charge in [0, 0.05) is 34.9 Å². The lowest BCUT2D eigenvalue weighted by Gasteiger charge is -2.29. The minimum absolute atomic E-state index is 0.170. The number of hydrogen-bond acceptors (Lipinski definition) is 3. The first kappa shape index (κ1) is 12.1. The lowest BCUT2D eigenvalue weighted by Crippen LogP contribution is -2.45. The molecule has 2 unspecified atom stereocenters. The Morgan fingerprint density at radius 1 is 1.50 bits per heavy atom. The van der Waals surface area contributed by atoms with Gasteiger partial charge >= 0.3 is 0 Å². The predicted octanol–water partition coefficient (Wildman–Crippen LogP) is 0.646. The molecule has 2 N–H and O–H groups in total. The molecule has 1 aliphatic rings. The SMILES string of the molecule is CC(CN[C@H]1CCCC[C@@H]1O)S(C)=O. The van der Waals surface area contributed by atoms with Crippen LogP contribution in [-0.4, -0.2) is 39.5 Å². The van der Waals surface area contributed by atoms with Gasteiger partial charge in [-0.2, -0.15) is 0 Å². The van der Waals surface area contributed by atoms with Crippen LogP contribution in [0.15, 0.2) is 0 Å². The molecule has 0 aromatic rings. The van der Waals surface area contributed by atoms with Gasteiger partial charge < -0.3 is 10.4 Å². The van der Waals surface area contributed by atoms with Crippen LogP contribution in [0.2, 0.25) is 0 Å². The van der Waals surface area contributed by atoms with Crippen LogP contribution in [0.3, 0.4) is 0 Å². The molecule has 1 saturated carbocycles. The maximum Gasteiger partial charge on any atom is 0.0693 e. The van der Waals surface area contributed by atoms with Crippen molar-refractivity contribution in [2.24, 2.45) is 0 Å². The van der Waals surface area contributed by atoms with Crippen LogP contribution < -0.4 is 5.32 Å². The maximum atomic E-state index is 11.1. The standard InChI is InChI=1S/C10H21NO2S/c1-8(14(2)13)7-11-9-5-3-4-6-10(9)12/h8-12H,3-7H2,1-2H3/t8?,9-,10-,14?/m0/s1. The van der Waals surface area contributed by atoms with E-state index in [1.165, 1.54) is 6.42 Å². The van der Waals surface area contributed by atoms with Crippen molar-refractivity contribution in [2.45, 2.75) is 50.0 Å². The van der Waals surface area contributed by atoms with Crippen LogP contribution in [-0.2, 0) is 10.8 Å². The van der Waals surface area contributed by atoms with Gasteiger partial charge in [0.05, 0.1) is 6.10 Å². The molecule has 84 valence electrons. The fourth-order valence-corrected chi connectivity index (χ4v) is 2.12. The monoisotopic (exact) mass is 219 g/mol. The van der Waals surface area contributed by atoms with Crippen LogP contribution in [0.4, 0.5) is 0 Å². The largest absolute Gasteiger partial charge is 0.392 e. The topological polar surface area (TPSA) is 49.3 Å². The van der Waals surface area contributed by atoms with Gasteiger partial charge in [0.25, 0.3) is 0 Å². The second-order valence-corrected chi connectivity index (χ2v) is 5.98. The van der Waals surface area contributed by atoms with E-state index in [1.54, 1.807) is 6.26 Å². The summed E-state index contributed by atoms with van der Waals surface area (Å²) in [5.41, 5.74) is 0. The van der Waals surface area contributed by atoms with Gasteiger partial charge in [0.15, 0.2) is 0 Å². The lowest BCUT2D eigenvalue weighted by atomic mass is 9.92. The summed E-state index contributed by atoms with van der Waals surface area (Å²) in [6, 6.07) is 0.217. The van der Waals surface area contributed by atoms with Gasteiger partial charge in [-0.1, -0.05) is 12.8 Å². The van der Waals surface area contributed by atoms with Crippen LogP contribution in [0.5, 0.6) is 0 Å². The van der Waals surface area contributed by atoms with Gasteiger partial charge in [-0.25, -0.2) is 0 Å². The summed E-state index contributed by atoms with van der Waals surface area (Å²) in [5, 5.41) is 13.2. The zero-order chi connectivity index (χ0) is 10.6. The molecule has 0 amide bonds. The number of hydrogen-bond donors (Lipinski definition) is 2. The Labute approximate surface area is 88.7 Å². The van der Waals surface area contributed by atoms with E-state index in [0.29, 0.717) is 0 Å². The molecule has 1 rings (SSSR count). The van der Waals surface area contributed by atoms with Crippen molar-refractivity contribution in [1.82, 2.24) is 5.32 Å². The first-order valence-electron chi connectivity index (χ1n) is 5.35. The fourth-order valence-electron chi connectivity index (χ4n) is 1.78. The van der Waals surface area contributed by atoms with Crippen molar-refractivity contribution >= 4 is 10.8 Å². The van der Waals surface area contributed by atoms with Gasteiger partial charge in [0.1, 0.15) is 0 Å². The molecule has 0 radical (unpaired) electrons. The zero-order valence-electron chi connectivity index (χ0n) is 9.03. The highest BCUT2D eigenvalue weighted by atomic mass is 32.2. The van der Waals surface area contributed by atoms with Crippen molar-refractivity contribution in [3.8, 4) is 0 Å². The Morgan fingerprint density at radius 3 is 2.71 bits per heavy atom. The minimum atomic E-state index is -0.770. The molecule has 0 aliphatic heterocycles. The van der Waals surface area contributed by atoms with E-state index in [9.17, 15) is 9.32 Å². The Bertz CT molecular complexity index is 199. The maximum absolute atomic E-state index is 11.1. The number of nitrogens with one attached hydrogen (secondary N) is 1. The molecule has 1 aliphatic carbocycles. The van der Waals surface area contributed by atoms with Crippen molar-refractivity contribution in [2.75, 3.05) is 12.8 Å². The van der Waals surface area contributed by atoms with Gasteiger partial charge in [-0.05, 0) is 19.8 Å². The highest BCUT2D eigenvalue weighted by Gasteiger charge is 2.22. The van der Waals surface area contributed by atoms with E-state index in [4.69, 9.17) is 0 Å². The Hall–Kier alpha value is 0.0700. The van der Waals surface area contributed by atoms with E-state index in [1.807, 2.05) is 6.92 Å². The van der Waals surface area contributed by atoms with Gasteiger partial charge in [-0.3, -0.25) is 4.21 Å². The molecule has 0 spiro atoms. The van der Waals surface area contributed by atoms with Gasteiger partial charge in [-0.15, -0.1) is 0 Å². The number of aliphatic hydroxyl groups is 1. The van der Waals surface area contributed by atoms with E-state index >= 15 is 0 Å². The summed E-state index contributed by atoms with van der Waals surface area (Å²) in [6.45, 7) is 2.71. The van der Waals surface area contributed by atoms with Crippen LogP contribution >= 0.6 is 0 Å². The zero-order valence-corrected chi connectivity index (χ0v) is 9.85. The highest BCUT2D eigenvalue weighted by Crippen LogP contribution is 2.18. The highest BCUT2D eigenvalue weighted by molar-refractivity contribution is 7.84. The molecule has 0 heterocycles. The van der Waals surface area contributed by atoms with E-state index in [-0.39, 0.29) is 17.4 Å². The third kappa shape index (κ3) is 3.67. The van der Waals surface area contributed by atoms with Crippen molar-refractivity contribution in [1.29, 1.82) is 0 Å². The molecule has 4 atom stereocenters. The van der Waals surface area contributed by atoms with E-state index < -0.39 is 10.8 Å². The van der Waals surface area contributed by atoms with E-state index in [2.05, 4.69) is 5.32 Å². The molecule has 0 saturated heterocycles. The first-order valence-corrected chi connectivity index (χ1v) is 6.97. The van der Waals surface area contributed by atoms with Crippen molar-refractivity contribution < 1.29 is 9.32 Å². The smallest absolute Gasteiger partial charge is 0.0693 e. The van der Waals surface area contributed by atoms with Gasteiger partial charge in [0.2, 0.25) is 0 Å². The summed E-state index contributed by atoms with van der Waals surface area (Å²) < 4.78 is 11.1. The Balaban J connectivity index is 2.25. The van der Waals surface area contributed by atoms with Crippen LogP contribution in [0, 0.1) is 0 Å². The third-order valence-corrected chi connectivity index (χ3v) is 4.26. The molecule has 14 heavy (non-hydrogen) atoms. The Morgan fingerprint density at radius 2 is 2.14 bits per heavy atom. The second-order valence-electron chi connectivity index (χ2n) is 4.18. The molecule has 0 aromatic carbocycles. The first-order chi connectivity index (χ1) is 6.61. The molecule has 0 bridgehead atoms. The van der Waals surface area contributed by atoms with Crippen LogP contribution in [0.25, 0.3) is 0 Å². The molecule has 3 nitrogen and oxygen atoms in total. The summed E-state index contributed by atoms with van der Waals surface area (Å²) in [7, 11) is -0.770. The number of aliphatic hydroxyl groups excluding tert-OH is 1. The minimum Gasteiger partial charge on any atom is -0.392 e. The van der Waals surface area contributed by atoms with Crippen LogP contribution in [0.1, 0.15) is 32.6 Å². The number of rotatable bonds is 4. The molecular weight excluding hydrogens is 198 g/mol. The quantitative estimate of drug-likeness (QED) is 0.730. The second kappa shape index (κ2) is 5.83. The normalized spacial score (nSPS) is 32.5. The summed E-state index contributed by atoms with van der Waals surface area (Å²) in [4.78, 5) is 0. The molecule has 4 heteroatoms. The summed E-state index contributed by atoms with van der Waals surface area (Å²) in [6.07, 6.45) is 5.79. The molecular formula is C10H21NO2S. The molecule has 0 aromatic heterocycles. The third-order valence-electron chi connectivity index (χ3n) is 2.96. The summed E-state index contributed by atoms with van der Waals surface area (Å²) in [5.74, 6) is 0. The van der Waals surface area contributed by atoms with Crippen molar-refractivity contribution in [3.05, 3.63) is 0 Å². The van der Waals surface area contributed by atoms with E-state index in [0.717, 1.165) is 25.8 Å². The fraction of sp³-hybridized carbons (Fsp3) is 1.00. The average Bonchev–Trinajstić information content (AvgIpc) is 2.16.